The molecule has 1 N–H and O–H groups in total. The standard InChI is InChI=1S/C23H17NO3/c1-27-17-11-7-10-16(14-17)24-21(15-8-3-2-4-9-15)20-22(25)18-12-5-6-13-19(18)23(20)26/h2-14,25H,1H3. The molecule has 4 rings (SSSR count). The number of nitrogens with zero attached hydrogens (tertiary/aromatic N) is 1. The predicted molar refractivity (Wildman–Crippen MR) is 106 cm³/mol. The lowest BCUT2D eigenvalue weighted by molar-refractivity contribution is 0.104. The molecule has 0 atom stereocenters. The number of ketones is 1. The maximum absolute atomic E-state index is 13.0. The Morgan fingerprint density at radius 2 is 1.59 bits per heavy atom. The molecule has 0 fully saturated rings. The number of hydrogen-bond acceptors (Lipinski definition) is 4. The third-order valence-corrected chi connectivity index (χ3v) is 4.47. The van der Waals surface area contributed by atoms with Crippen LogP contribution in [0, 0.1) is 0 Å². The number of aliphatic imine (C=N–C) groups is 1. The molecule has 0 saturated heterocycles. The minimum absolute atomic E-state index is 0.0406. The maximum Gasteiger partial charge on any atom is 0.199 e. The number of allylic oxidation sites excluding steroid dienone is 1. The molecule has 0 heterocycles. The summed E-state index contributed by atoms with van der Waals surface area (Å²) in [6.07, 6.45) is 0. The van der Waals surface area contributed by atoms with Crippen LogP contribution >= 0.6 is 0 Å². The Morgan fingerprint density at radius 1 is 0.889 bits per heavy atom. The fourth-order valence-electron chi connectivity index (χ4n) is 3.15. The van der Waals surface area contributed by atoms with Gasteiger partial charge in [-0.05, 0) is 12.1 Å². The highest BCUT2D eigenvalue weighted by atomic mass is 16.5. The number of hydrogen-bond donors (Lipinski definition) is 1. The van der Waals surface area contributed by atoms with E-state index in [1.165, 1.54) is 0 Å². The second kappa shape index (κ2) is 6.92. The van der Waals surface area contributed by atoms with Crippen LogP contribution in [0.25, 0.3) is 5.76 Å². The van der Waals surface area contributed by atoms with Crippen LogP contribution in [0.1, 0.15) is 21.5 Å². The van der Waals surface area contributed by atoms with Crippen molar-refractivity contribution in [1.82, 2.24) is 0 Å². The largest absolute Gasteiger partial charge is 0.506 e. The zero-order valence-corrected chi connectivity index (χ0v) is 14.7. The van der Waals surface area contributed by atoms with Crippen molar-refractivity contribution >= 4 is 22.9 Å². The van der Waals surface area contributed by atoms with Crippen molar-refractivity contribution in [2.24, 2.45) is 4.99 Å². The molecule has 4 heteroatoms. The van der Waals surface area contributed by atoms with Crippen molar-refractivity contribution in [3.05, 3.63) is 101 Å². The van der Waals surface area contributed by atoms with Crippen molar-refractivity contribution in [2.45, 2.75) is 0 Å². The van der Waals surface area contributed by atoms with Gasteiger partial charge in [-0.1, -0.05) is 60.7 Å². The lowest BCUT2D eigenvalue weighted by Gasteiger charge is -2.09. The first-order valence-corrected chi connectivity index (χ1v) is 8.55. The fourth-order valence-corrected chi connectivity index (χ4v) is 3.15. The highest BCUT2D eigenvalue weighted by Gasteiger charge is 2.33. The van der Waals surface area contributed by atoms with Crippen LogP contribution in [0.4, 0.5) is 5.69 Å². The molecule has 0 amide bonds. The molecule has 0 bridgehead atoms. The molecule has 1 aliphatic rings. The van der Waals surface area contributed by atoms with Gasteiger partial charge in [-0.25, -0.2) is 4.99 Å². The number of carbonyl (C=O) groups is 1. The predicted octanol–water partition coefficient (Wildman–Crippen LogP) is 4.98. The van der Waals surface area contributed by atoms with Gasteiger partial charge in [0.1, 0.15) is 11.5 Å². The molecule has 0 saturated carbocycles. The Bertz CT molecular complexity index is 1080. The first-order chi connectivity index (χ1) is 13.2. The molecular weight excluding hydrogens is 338 g/mol. The highest BCUT2D eigenvalue weighted by molar-refractivity contribution is 6.39. The lowest BCUT2D eigenvalue weighted by atomic mass is 9.99. The van der Waals surface area contributed by atoms with Crippen LogP contribution in [0.5, 0.6) is 5.75 Å². The molecule has 132 valence electrons. The maximum atomic E-state index is 13.0. The van der Waals surface area contributed by atoms with Crippen LogP contribution in [0.3, 0.4) is 0 Å². The van der Waals surface area contributed by atoms with E-state index in [4.69, 9.17) is 9.73 Å². The van der Waals surface area contributed by atoms with Gasteiger partial charge in [0, 0.05) is 22.8 Å². The van der Waals surface area contributed by atoms with E-state index in [0.29, 0.717) is 28.3 Å². The molecule has 4 nitrogen and oxygen atoms in total. The van der Waals surface area contributed by atoms with Gasteiger partial charge < -0.3 is 9.84 Å². The number of benzene rings is 3. The van der Waals surface area contributed by atoms with Crippen LogP contribution in [-0.4, -0.2) is 23.7 Å². The van der Waals surface area contributed by atoms with E-state index in [2.05, 4.69) is 0 Å². The van der Waals surface area contributed by atoms with Gasteiger partial charge in [0.2, 0.25) is 0 Å². The number of aliphatic hydroxyl groups excluding tert-OH is 1. The van der Waals surface area contributed by atoms with E-state index >= 15 is 0 Å². The van der Waals surface area contributed by atoms with Crippen molar-refractivity contribution in [2.75, 3.05) is 7.11 Å². The summed E-state index contributed by atoms with van der Waals surface area (Å²) in [4.78, 5) is 17.7. The first-order valence-electron chi connectivity index (χ1n) is 8.55. The molecule has 0 spiro atoms. The fraction of sp³-hybridized carbons (Fsp3) is 0.0435. The third kappa shape index (κ3) is 3.02. The van der Waals surface area contributed by atoms with Crippen LogP contribution < -0.4 is 4.74 Å². The average Bonchev–Trinajstić information content (AvgIpc) is 2.98. The summed E-state index contributed by atoms with van der Waals surface area (Å²) in [5.41, 5.74) is 3.05. The summed E-state index contributed by atoms with van der Waals surface area (Å²) in [6, 6.07) is 23.7. The van der Waals surface area contributed by atoms with E-state index < -0.39 is 0 Å². The zero-order chi connectivity index (χ0) is 18.8. The zero-order valence-electron chi connectivity index (χ0n) is 14.7. The second-order valence-electron chi connectivity index (χ2n) is 6.13. The molecule has 0 aliphatic heterocycles. The molecule has 27 heavy (non-hydrogen) atoms. The Labute approximate surface area is 157 Å². The lowest BCUT2D eigenvalue weighted by Crippen LogP contribution is -2.12. The summed E-state index contributed by atoms with van der Waals surface area (Å²) in [5.74, 6) is 0.401. The number of methoxy groups -OCH3 is 1. The summed E-state index contributed by atoms with van der Waals surface area (Å²) in [5, 5.41) is 10.8. The van der Waals surface area contributed by atoms with E-state index in [1.807, 2.05) is 48.5 Å². The van der Waals surface area contributed by atoms with Gasteiger partial charge in [-0.3, -0.25) is 4.79 Å². The van der Waals surface area contributed by atoms with Gasteiger partial charge >= 0.3 is 0 Å². The number of ether oxygens (including phenoxy) is 1. The summed E-state index contributed by atoms with van der Waals surface area (Å²) >= 11 is 0. The Morgan fingerprint density at radius 3 is 2.30 bits per heavy atom. The second-order valence-corrected chi connectivity index (χ2v) is 6.13. The van der Waals surface area contributed by atoms with E-state index in [1.54, 1.807) is 37.4 Å². The van der Waals surface area contributed by atoms with Gasteiger partial charge in [-0.15, -0.1) is 0 Å². The molecule has 0 aromatic heterocycles. The average molecular weight is 355 g/mol. The normalized spacial score (nSPS) is 13.7. The number of Topliss-reactive ketones (excluding diaryl/α,β-unsaturated/α-hetero) is 1. The topological polar surface area (TPSA) is 58.9 Å². The van der Waals surface area contributed by atoms with Crippen molar-refractivity contribution in [3.8, 4) is 5.75 Å². The highest BCUT2D eigenvalue weighted by Crippen LogP contribution is 2.34. The molecule has 0 unspecified atom stereocenters. The van der Waals surface area contributed by atoms with Crippen molar-refractivity contribution in [1.29, 1.82) is 0 Å². The van der Waals surface area contributed by atoms with Gasteiger partial charge in [0.25, 0.3) is 0 Å². The first kappa shape index (κ1) is 16.8. The number of fused-ring (bicyclic) bond motifs is 1. The number of aliphatic hydroxyl groups is 1. The minimum Gasteiger partial charge on any atom is -0.506 e. The van der Waals surface area contributed by atoms with E-state index in [-0.39, 0.29) is 17.1 Å². The summed E-state index contributed by atoms with van der Waals surface area (Å²) < 4.78 is 5.26. The van der Waals surface area contributed by atoms with Crippen molar-refractivity contribution < 1.29 is 14.6 Å². The molecule has 3 aromatic rings. The Balaban J connectivity index is 1.92. The van der Waals surface area contributed by atoms with E-state index in [0.717, 1.165) is 5.56 Å². The SMILES string of the molecule is COc1cccc(N=C(C2=C(O)c3ccccc3C2=O)c2ccccc2)c1. The Hall–Kier alpha value is -3.66. The molecule has 3 aromatic carbocycles. The number of rotatable bonds is 4. The smallest absolute Gasteiger partial charge is 0.199 e. The quantitative estimate of drug-likeness (QED) is 0.671. The van der Waals surface area contributed by atoms with E-state index in [9.17, 15) is 9.90 Å². The summed E-state index contributed by atoms with van der Waals surface area (Å²) in [7, 11) is 1.59. The molecule has 0 radical (unpaired) electrons. The van der Waals surface area contributed by atoms with Gasteiger partial charge in [0.05, 0.1) is 24.1 Å². The van der Waals surface area contributed by atoms with Crippen molar-refractivity contribution in [3.63, 3.8) is 0 Å². The number of carbonyl (C=O) groups excluding carboxylic acids is 1. The van der Waals surface area contributed by atoms with Crippen LogP contribution in [0.15, 0.2) is 89.4 Å². The molecule has 1 aliphatic carbocycles. The van der Waals surface area contributed by atoms with Gasteiger partial charge in [0.15, 0.2) is 5.78 Å². The Kier molecular flexibility index (Phi) is 4.30. The minimum atomic E-state index is -0.228. The van der Waals surface area contributed by atoms with Crippen LogP contribution in [0.2, 0.25) is 0 Å². The van der Waals surface area contributed by atoms with Gasteiger partial charge in [-0.2, -0.15) is 0 Å². The monoisotopic (exact) mass is 355 g/mol. The summed E-state index contributed by atoms with van der Waals surface area (Å²) in [6.45, 7) is 0. The third-order valence-electron chi connectivity index (χ3n) is 4.47. The van der Waals surface area contributed by atoms with Crippen LogP contribution in [-0.2, 0) is 0 Å². The molecular formula is C23H17NO3.